The number of halogens is 1. The van der Waals surface area contributed by atoms with E-state index in [1.165, 1.54) is 7.11 Å². The van der Waals surface area contributed by atoms with Crippen LogP contribution in [0.25, 0.3) is 0 Å². The second kappa shape index (κ2) is 11.3. The van der Waals surface area contributed by atoms with Gasteiger partial charge in [0.1, 0.15) is 18.1 Å². The van der Waals surface area contributed by atoms with Gasteiger partial charge in [-0.25, -0.2) is 0 Å². The first kappa shape index (κ1) is 22.6. The van der Waals surface area contributed by atoms with Gasteiger partial charge in [0, 0.05) is 18.2 Å². The van der Waals surface area contributed by atoms with Crippen LogP contribution in [0.2, 0.25) is 0 Å². The summed E-state index contributed by atoms with van der Waals surface area (Å²) < 4.78 is 16.1. The van der Waals surface area contributed by atoms with Crippen molar-refractivity contribution in [1.82, 2.24) is 16.2 Å². The highest BCUT2D eigenvalue weighted by Gasteiger charge is 2.12. The van der Waals surface area contributed by atoms with Gasteiger partial charge in [0.2, 0.25) is 0 Å². The van der Waals surface area contributed by atoms with Gasteiger partial charge in [-0.2, -0.15) is 0 Å². The number of carbonyl (C=O) groups is 2. The van der Waals surface area contributed by atoms with Crippen molar-refractivity contribution in [3.8, 4) is 11.5 Å². The van der Waals surface area contributed by atoms with Crippen LogP contribution >= 0.6 is 28.1 Å². The average molecular weight is 482 g/mol. The van der Waals surface area contributed by atoms with E-state index in [4.69, 9.17) is 26.4 Å². The van der Waals surface area contributed by atoms with Crippen molar-refractivity contribution in [2.75, 3.05) is 27.4 Å². The first-order valence-electron chi connectivity index (χ1n) is 8.41. The van der Waals surface area contributed by atoms with E-state index >= 15 is 0 Å². The maximum absolute atomic E-state index is 12.3. The predicted octanol–water partition coefficient (Wildman–Crippen LogP) is 2.43. The molecule has 2 aromatic carbocycles. The van der Waals surface area contributed by atoms with Crippen molar-refractivity contribution in [2.45, 2.75) is 0 Å². The highest BCUT2D eigenvalue weighted by atomic mass is 79.9. The van der Waals surface area contributed by atoms with Crippen LogP contribution in [-0.4, -0.2) is 44.4 Å². The van der Waals surface area contributed by atoms with Crippen molar-refractivity contribution >= 4 is 45.1 Å². The number of hydrogen-bond acceptors (Lipinski definition) is 6. The number of hydrazine groups is 1. The number of thiocarbonyl (C=S) groups is 1. The van der Waals surface area contributed by atoms with E-state index in [0.717, 1.165) is 0 Å². The number of rotatable bonds is 7. The first-order valence-corrected chi connectivity index (χ1v) is 9.61. The molecule has 0 radical (unpaired) electrons. The molecule has 0 unspecified atom stereocenters. The lowest BCUT2D eigenvalue weighted by atomic mass is 10.2. The molecule has 154 valence electrons. The largest absolute Gasteiger partial charge is 0.497 e. The Kier molecular flexibility index (Phi) is 8.84. The van der Waals surface area contributed by atoms with Gasteiger partial charge in [-0.15, -0.1) is 0 Å². The summed E-state index contributed by atoms with van der Waals surface area (Å²) in [6.07, 6.45) is 0. The van der Waals surface area contributed by atoms with E-state index in [-0.39, 0.29) is 5.11 Å². The summed E-state index contributed by atoms with van der Waals surface area (Å²) in [6.45, 7) is 0.847. The Morgan fingerprint density at radius 2 is 1.66 bits per heavy atom. The zero-order valence-electron chi connectivity index (χ0n) is 15.8. The van der Waals surface area contributed by atoms with Gasteiger partial charge < -0.3 is 14.2 Å². The Morgan fingerprint density at radius 1 is 0.966 bits per heavy atom. The van der Waals surface area contributed by atoms with Gasteiger partial charge in [-0.1, -0.05) is 0 Å². The molecule has 10 heteroatoms. The van der Waals surface area contributed by atoms with Crippen LogP contribution in [0.3, 0.4) is 0 Å². The smallest absolute Gasteiger partial charge is 0.269 e. The predicted molar refractivity (Wildman–Crippen MR) is 115 cm³/mol. The summed E-state index contributed by atoms with van der Waals surface area (Å²) in [4.78, 5) is 24.4. The van der Waals surface area contributed by atoms with E-state index in [9.17, 15) is 9.59 Å². The molecule has 2 aromatic rings. The molecule has 2 amide bonds. The zero-order chi connectivity index (χ0) is 21.2. The van der Waals surface area contributed by atoms with Crippen LogP contribution in [0.4, 0.5) is 0 Å². The Morgan fingerprint density at radius 3 is 2.28 bits per heavy atom. The molecule has 0 bridgehead atoms. The summed E-state index contributed by atoms with van der Waals surface area (Å²) in [5, 5.41) is 2.44. The molecule has 2 rings (SSSR count). The van der Waals surface area contributed by atoms with Crippen LogP contribution in [-0.2, 0) is 4.74 Å². The van der Waals surface area contributed by atoms with Crippen molar-refractivity contribution < 1.29 is 23.8 Å². The standard InChI is InChI=1S/C19H20BrN3O5S/c1-26-9-10-28-16-8-5-13(11-15(16)20)17(24)21-19(29)23-22-18(25)12-3-6-14(27-2)7-4-12/h3-8,11H,9-10H2,1-2H3,(H,22,25)(H2,21,23,24,29). The van der Waals surface area contributed by atoms with Gasteiger partial charge in [0.15, 0.2) is 5.11 Å². The second-order valence-electron chi connectivity index (χ2n) is 5.58. The van der Waals surface area contributed by atoms with E-state index in [2.05, 4.69) is 32.1 Å². The van der Waals surface area contributed by atoms with Crippen molar-refractivity contribution in [1.29, 1.82) is 0 Å². The average Bonchev–Trinajstić information content (AvgIpc) is 2.73. The molecule has 0 aliphatic carbocycles. The maximum atomic E-state index is 12.3. The molecule has 0 heterocycles. The van der Waals surface area contributed by atoms with Crippen LogP contribution in [0, 0.1) is 0 Å². The fourth-order valence-electron chi connectivity index (χ4n) is 2.13. The lowest BCUT2D eigenvalue weighted by Gasteiger charge is -2.12. The quantitative estimate of drug-likeness (QED) is 0.317. The minimum absolute atomic E-state index is 0.0478. The number of hydrogen-bond donors (Lipinski definition) is 3. The summed E-state index contributed by atoms with van der Waals surface area (Å²) >= 11 is 8.40. The monoisotopic (exact) mass is 481 g/mol. The Balaban J connectivity index is 1.85. The molecule has 0 aliphatic heterocycles. The molecule has 0 saturated heterocycles. The molecule has 0 spiro atoms. The minimum atomic E-state index is -0.440. The zero-order valence-corrected chi connectivity index (χ0v) is 18.2. The maximum Gasteiger partial charge on any atom is 0.269 e. The van der Waals surface area contributed by atoms with E-state index in [1.54, 1.807) is 49.6 Å². The number of nitrogens with one attached hydrogen (secondary N) is 3. The number of benzene rings is 2. The van der Waals surface area contributed by atoms with Gasteiger partial charge >= 0.3 is 0 Å². The third-order valence-electron chi connectivity index (χ3n) is 3.61. The fourth-order valence-corrected chi connectivity index (χ4v) is 2.77. The second-order valence-corrected chi connectivity index (χ2v) is 6.84. The van der Waals surface area contributed by atoms with Crippen molar-refractivity contribution in [3.05, 3.63) is 58.1 Å². The molecule has 0 aliphatic rings. The minimum Gasteiger partial charge on any atom is -0.497 e. The molecule has 0 fully saturated rings. The third kappa shape index (κ3) is 7.00. The molecule has 3 N–H and O–H groups in total. The van der Waals surface area contributed by atoms with E-state index in [0.29, 0.717) is 40.3 Å². The molecule has 8 nitrogen and oxygen atoms in total. The van der Waals surface area contributed by atoms with E-state index in [1.807, 2.05) is 0 Å². The highest BCUT2D eigenvalue weighted by Crippen LogP contribution is 2.26. The fraction of sp³-hybridized carbons (Fsp3) is 0.211. The lowest BCUT2D eigenvalue weighted by Crippen LogP contribution is -2.48. The highest BCUT2D eigenvalue weighted by molar-refractivity contribution is 9.10. The van der Waals surface area contributed by atoms with Crippen LogP contribution in [0.5, 0.6) is 11.5 Å². The third-order valence-corrected chi connectivity index (χ3v) is 4.43. The van der Waals surface area contributed by atoms with Gasteiger partial charge in [-0.3, -0.25) is 25.8 Å². The Hall–Kier alpha value is -2.69. The van der Waals surface area contributed by atoms with Crippen molar-refractivity contribution in [2.24, 2.45) is 0 Å². The lowest BCUT2D eigenvalue weighted by molar-refractivity contribution is 0.0934. The summed E-state index contributed by atoms with van der Waals surface area (Å²) in [5.41, 5.74) is 5.67. The van der Waals surface area contributed by atoms with Crippen LogP contribution in [0.1, 0.15) is 20.7 Å². The normalized spacial score (nSPS) is 10.0. The molecular formula is C19H20BrN3O5S. The molecular weight excluding hydrogens is 462 g/mol. The molecule has 0 atom stereocenters. The van der Waals surface area contributed by atoms with Crippen LogP contribution < -0.4 is 25.6 Å². The Labute approximate surface area is 182 Å². The SMILES string of the molecule is COCCOc1ccc(C(=O)NC(=S)NNC(=O)c2ccc(OC)cc2)cc1Br. The van der Waals surface area contributed by atoms with Gasteiger partial charge in [0.25, 0.3) is 11.8 Å². The molecule has 0 saturated carbocycles. The summed E-state index contributed by atoms with van der Waals surface area (Å²) in [6, 6.07) is 11.4. The van der Waals surface area contributed by atoms with Gasteiger partial charge in [0.05, 0.1) is 18.2 Å². The summed E-state index contributed by atoms with van der Waals surface area (Å²) in [5.74, 6) is 0.375. The molecule has 0 aromatic heterocycles. The van der Waals surface area contributed by atoms with Gasteiger partial charge in [-0.05, 0) is 70.6 Å². The number of methoxy groups -OCH3 is 2. The topological polar surface area (TPSA) is 97.9 Å². The number of carbonyl (C=O) groups excluding carboxylic acids is 2. The Bertz CT molecular complexity index is 877. The van der Waals surface area contributed by atoms with Crippen LogP contribution in [0.15, 0.2) is 46.9 Å². The number of amides is 2. The van der Waals surface area contributed by atoms with Crippen molar-refractivity contribution in [3.63, 3.8) is 0 Å². The molecule has 29 heavy (non-hydrogen) atoms. The summed E-state index contributed by atoms with van der Waals surface area (Å²) in [7, 11) is 3.13. The van der Waals surface area contributed by atoms with E-state index < -0.39 is 11.8 Å². The first-order chi connectivity index (χ1) is 13.9. The number of ether oxygens (including phenoxy) is 3.